The fraction of sp³-hybridized carbons (Fsp3) is 0.158. The highest BCUT2D eigenvalue weighted by Gasteiger charge is 2.42. The standard InChI is InChI=1S/C19H22O2Si/c1-3-5-17-21-22(20-16-4-2,18-12-8-6-9-13-18)19-14-10-7-11-15-19/h3-15H,2,16-17H2,1H3/b5-3-. The Morgan fingerprint density at radius 3 is 1.82 bits per heavy atom. The Kier molecular flexibility index (Phi) is 6.34. The molecule has 0 spiro atoms. The summed E-state index contributed by atoms with van der Waals surface area (Å²) in [5.41, 5.74) is 0. The lowest BCUT2D eigenvalue weighted by atomic mass is 10.4. The molecule has 22 heavy (non-hydrogen) atoms. The van der Waals surface area contributed by atoms with Crippen molar-refractivity contribution in [1.82, 2.24) is 0 Å². The molecular weight excluding hydrogens is 288 g/mol. The molecule has 0 saturated heterocycles. The van der Waals surface area contributed by atoms with Crippen molar-refractivity contribution in [1.29, 1.82) is 0 Å². The summed E-state index contributed by atoms with van der Waals surface area (Å²) in [6.45, 7) is 6.76. The zero-order valence-corrected chi connectivity index (χ0v) is 13.9. The Labute approximate surface area is 134 Å². The van der Waals surface area contributed by atoms with Gasteiger partial charge in [-0.1, -0.05) is 78.9 Å². The topological polar surface area (TPSA) is 18.5 Å². The Balaban J connectivity index is 2.49. The summed E-state index contributed by atoms with van der Waals surface area (Å²) in [4.78, 5) is 0. The molecule has 0 amide bonds. The van der Waals surface area contributed by atoms with Gasteiger partial charge in [0, 0.05) is 0 Å². The van der Waals surface area contributed by atoms with Gasteiger partial charge >= 0.3 is 8.56 Å². The molecule has 0 N–H and O–H groups in total. The summed E-state index contributed by atoms with van der Waals surface area (Å²) in [6.07, 6.45) is 5.76. The largest absolute Gasteiger partial charge is 0.407 e. The van der Waals surface area contributed by atoms with Gasteiger partial charge in [-0.3, -0.25) is 0 Å². The van der Waals surface area contributed by atoms with Crippen LogP contribution in [0.25, 0.3) is 0 Å². The summed E-state index contributed by atoms with van der Waals surface area (Å²) < 4.78 is 12.6. The summed E-state index contributed by atoms with van der Waals surface area (Å²) >= 11 is 0. The predicted octanol–water partition coefficient (Wildman–Crippen LogP) is 3.04. The lowest BCUT2D eigenvalue weighted by Crippen LogP contribution is -2.63. The van der Waals surface area contributed by atoms with Gasteiger partial charge in [-0.05, 0) is 17.3 Å². The van der Waals surface area contributed by atoms with Crippen LogP contribution in [0.3, 0.4) is 0 Å². The second-order valence-corrected chi connectivity index (χ2v) is 7.79. The van der Waals surface area contributed by atoms with Crippen LogP contribution in [0.2, 0.25) is 0 Å². The maximum Gasteiger partial charge on any atom is 0.407 e. The van der Waals surface area contributed by atoms with E-state index in [1.54, 1.807) is 6.08 Å². The minimum Gasteiger partial charge on any atom is -0.384 e. The van der Waals surface area contributed by atoms with Gasteiger partial charge in [-0.25, -0.2) is 0 Å². The van der Waals surface area contributed by atoms with E-state index in [0.717, 1.165) is 10.4 Å². The smallest absolute Gasteiger partial charge is 0.384 e. The van der Waals surface area contributed by atoms with Crippen molar-refractivity contribution in [2.24, 2.45) is 0 Å². The second-order valence-electron chi connectivity index (χ2n) is 4.83. The van der Waals surface area contributed by atoms with Crippen LogP contribution >= 0.6 is 0 Å². The van der Waals surface area contributed by atoms with E-state index in [1.165, 1.54) is 0 Å². The van der Waals surface area contributed by atoms with Gasteiger partial charge in [0.25, 0.3) is 0 Å². The molecule has 0 radical (unpaired) electrons. The monoisotopic (exact) mass is 310 g/mol. The SMILES string of the molecule is C=CCO[Si](OC/C=C\C)(c1ccccc1)c1ccccc1. The minimum absolute atomic E-state index is 0.464. The molecule has 0 bridgehead atoms. The molecule has 2 rings (SSSR count). The van der Waals surface area contributed by atoms with Crippen molar-refractivity contribution in [2.45, 2.75) is 6.92 Å². The van der Waals surface area contributed by atoms with Crippen LogP contribution in [-0.2, 0) is 8.85 Å². The Morgan fingerprint density at radius 1 is 0.864 bits per heavy atom. The van der Waals surface area contributed by atoms with Gasteiger partial charge < -0.3 is 8.85 Å². The molecule has 3 heteroatoms. The summed E-state index contributed by atoms with van der Waals surface area (Å²) in [5.74, 6) is 0. The van der Waals surface area contributed by atoms with Crippen molar-refractivity contribution in [2.75, 3.05) is 13.2 Å². The fourth-order valence-corrected chi connectivity index (χ4v) is 5.32. The van der Waals surface area contributed by atoms with Crippen molar-refractivity contribution < 1.29 is 8.85 Å². The third-order valence-corrected chi connectivity index (χ3v) is 6.66. The number of rotatable bonds is 8. The van der Waals surface area contributed by atoms with E-state index in [-0.39, 0.29) is 0 Å². The molecule has 114 valence electrons. The van der Waals surface area contributed by atoms with Crippen LogP contribution in [0.15, 0.2) is 85.5 Å². The minimum atomic E-state index is -2.73. The van der Waals surface area contributed by atoms with Crippen LogP contribution < -0.4 is 10.4 Å². The average Bonchev–Trinajstić information content (AvgIpc) is 2.60. The van der Waals surface area contributed by atoms with Gasteiger partial charge in [0.1, 0.15) is 0 Å². The van der Waals surface area contributed by atoms with Crippen molar-refractivity contribution in [3.05, 3.63) is 85.5 Å². The lowest BCUT2D eigenvalue weighted by molar-refractivity contribution is 0.227. The quantitative estimate of drug-likeness (QED) is 0.551. The third-order valence-electron chi connectivity index (χ3n) is 3.33. The number of benzene rings is 2. The number of hydrogen-bond donors (Lipinski definition) is 0. The van der Waals surface area contributed by atoms with Crippen LogP contribution in [0.5, 0.6) is 0 Å². The fourth-order valence-electron chi connectivity index (χ4n) is 2.29. The van der Waals surface area contributed by atoms with E-state index in [1.807, 2.05) is 55.5 Å². The van der Waals surface area contributed by atoms with E-state index in [4.69, 9.17) is 8.85 Å². The van der Waals surface area contributed by atoms with Crippen molar-refractivity contribution >= 4 is 18.9 Å². The van der Waals surface area contributed by atoms with Gasteiger partial charge in [-0.15, -0.1) is 6.58 Å². The van der Waals surface area contributed by atoms with Crippen molar-refractivity contribution in [3.8, 4) is 0 Å². The Hall–Kier alpha value is -1.94. The summed E-state index contributed by atoms with van der Waals surface area (Å²) in [7, 11) is -2.73. The zero-order valence-electron chi connectivity index (χ0n) is 12.9. The van der Waals surface area contributed by atoms with E-state index < -0.39 is 8.56 Å². The molecule has 0 atom stereocenters. The Bertz CT molecular complexity index is 554. The lowest BCUT2D eigenvalue weighted by Gasteiger charge is -2.30. The van der Waals surface area contributed by atoms with E-state index in [9.17, 15) is 0 Å². The summed E-state index contributed by atoms with van der Waals surface area (Å²) in [5, 5.41) is 2.21. The molecule has 2 nitrogen and oxygen atoms in total. The first kappa shape index (κ1) is 16.4. The first-order valence-corrected chi connectivity index (χ1v) is 9.26. The highest BCUT2D eigenvalue weighted by Crippen LogP contribution is 2.10. The first-order chi connectivity index (χ1) is 10.8. The molecular formula is C19H22O2Si. The zero-order chi connectivity index (χ0) is 15.7. The number of hydrogen-bond acceptors (Lipinski definition) is 2. The maximum atomic E-state index is 6.33. The molecule has 0 fully saturated rings. The summed E-state index contributed by atoms with van der Waals surface area (Å²) in [6, 6.07) is 20.4. The third kappa shape index (κ3) is 3.83. The molecule has 0 unspecified atom stereocenters. The van der Waals surface area contributed by atoms with E-state index in [0.29, 0.717) is 13.2 Å². The molecule has 0 aromatic heterocycles. The average molecular weight is 310 g/mol. The van der Waals surface area contributed by atoms with Crippen LogP contribution in [0.1, 0.15) is 6.92 Å². The predicted molar refractivity (Wildman–Crippen MR) is 94.8 cm³/mol. The van der Waals surface area contributed by atoms with Crippen LogP contribution in [0, 0.1) is 0 Å². The van der Waals surface area contributed by atoms with Crippen LogP contribution in [-0.4, -0.2) is 21.8 Å². The van der Waals surface area contributed by atoms with Crippen LogP contribution in [0.4, 0.5) is 0 Å². The first-order valence-electron chi connectivity index (χ1n) is 7.44. The molecule has 0 aliphatic carbocycles. The molecule has 0 aliphatic rings. The Morgan fingerprint density at radius 2 is 1.36 bits per heavy atom. The highest BCUT2D eigenvalue weighted by molar-refractivity contribution is 6.92. The van der Waals surface area contributed by atoms with E-state index >= 15 is 0 Å². The maximum absolute atomic E-state index is 6.33. The second kappa shape index (κ2) is 8.49. The van der Waals surface area contributed by atoms with Gasteiger partial charge in [-0.2, -0.15) is 0 Å². The highest BCUT2D eigenvalue weighted by atomic mass is 28.4. The molecule has 0 heterocycles. The van der Waals surface area contributed by atoms with Gasteiger partial charge in [0.15, 0.2) is 0 Å². The van der Waals surface area contributed by atoms with E-state index in [2.05, 4.69) is 30.8 Å². The van der Waals surface area contributed by atoms with Gasteiger partial charge in [0.05, 0.1) is 13.2 Å². The molecule has 2 aromatic carbocycles. The molecule has 2 aromatic rings. The molecule has 0 aliphatic heterocycles. The number of allylic oxidation sites excluding steroid dienone is 1. The molecule has 0 saturated carbocycles. The van der Waals surface area contributed by atoms with Crippen molar-refractivity contribution in [3.63, 3.8) is 0 Å². The normalized spacial score (nSPS) is 11.7. The van der Waals surface area contributed by atoms with Gasteiger partial charge in [0.2, 0.25) is 0 Å².